The van der Waals surface area contributed by atoms with Crippen molar-refractivity contribution in [3.05, 3.63) is 51.6 Å². The van der Waals surface area contributed by atoms with Gasteiger partial charge in [-0.15, -0.1) is 0 Å². The summed E-state index contributed by atoms with van der Waals surface area (Å²) in [5.74, 6) is -2.75. The Labute approximate surface area is 168 Å². The molecule has 6 nitrogen and oxygen atoms in total. The largest absolute Gasteiger partial charge is 0.489 e. The maximum Gasteiger partial charge on any atom is 0.387 e. The quantitative estimate of drug-likeness (QED) is 0.709. The van der Waals surface area contributed by atoms with Crippen LogP contribution in [0, 0.1) is 5.92 Å². The molecule has 0 spiro atoms. The number of halogens is 4. The second-order valence-electron chi connectivity index (χ2n) is 5.29. The summed E-state index contributed by atoms with van der Waals surface area (Å²) < 4.78 is 65.9. The molecule has 1 heterocycles. The molecular weight excluding hydrogens is 405 g/mol. The van der Waals surface area contributed by atoms with Gasteiger partial charge in [0.2, 0.25) is 0 Å². The summed E-state index contributed by atoms with van der Waals surface area (Å²) in [7, 11) is 0. The lowest BCUT2D eigenvalue weighted by Gasteiger charge is -2.12. The number of carbonyl (C=O) groups is 1. The molecule has 27 heavy (non-hydrogen) atoms. The first-order valence-corrected chi connectivity index (χ1v) is 8.17. The average molecular weight is 423 g/mol. The second-order valence-corrected chi connectivity index (χ2v) is 6.11. The van der Waals surface area contributed by atoms with Gasteiger partial charge in [-0.3, -0.25) is 4.79 Å². The Morgan fingerprint density at radius 2 is 2.00 bits per heavy atom. The molecule has 0 radical (unpaired) electrons. The van der Waals surface area contributed by atoms with E-state index in [0.29, 0.717) is 4.73 Å². The lowest BCUT2D eigenvalue weighted by atomic mass is 10.2. The van der Waals surface area contributed by atoms with Gasteiger partial charge in [0.05, 0.1) is 29.0 Å². The molecule has 2 aromatic rings. The van der Waals surface area contributed by atoms with Crippen LogP contribution in [0.5, 0.6) is 11.5 Å². The minimum atomic E-state index is -3.19. The van der Waals surface area contributed by atoms with E-state index in [2.05, 4.69) is 9.73 Å². The summed E-state index contributed by atoms with van der Waals surface area (Å²) in [6.07, 6.45) is -2.18. The predicted octanol–water partition coefficient (Wildman–Crippen LogP) is 4.16. The fraction of sp³-hybridized carbons (Fsp3) is 0.294. The Hall–Kier alpha value is -2.32. The van der Waals surface area contributed by atoms with Crippen LogP contribution in [0.15, 0.2) is 35.6 Å². The lowest BCUT2D eigenvalue weighted by Crippen LogP contribution is -2.13. The monoisotopic (exact) mass is 422 g/mol. The van der Waals surface area contributed by atoms with Crippen LogP contribution in [0.25, 0.3) is 0 Å². The number of nitrogens with zero attached hydrogens (tertiary/aromatic N) is 2. The number of hydrogen-bond donors (Lipinski definition) is 1. The van der Waals surface area contributed by atoms with Crippen LogP contribution < -0.4 is 14.8 Å². The number of aromatic nitrogens is 1. The minimum Gasteiger partial charge on any atom is -0.489 e. The zero-order chi connectivity index (χ0) is 23.1. The van der Waals surface area contributed by atoms with E-state index >= 15 is 0 Å². The number of hydrogen-bond acceptors (Lipinski definition) is 4. The Bertz CT molecular complexity index is 1060. The first-order valence-electron chi connectivity index (χ1n) is 9.42. The minimum absolute atomic E-state index is 0.119. The highest BCUT2D eigenvalue weighted by molar-refractivity contribution is 6.34. The van der Waals surface area contributed by atoms with Gasteiger partial charge in [0, 0.05) is 11.0 Å². The summed E-state index contributed by atoms with van der Waals surface area (Å²) in [4.78, 5) is 16.3. The zero-order valence-corrected chi connectivity index (χ0v) is 14.8. The van der Waals surface area contributed by atoms with E-state index in [1.54, 1.807) is 0 Å². The van der Waals surface area contributed by atoms with Gasteiger partial charge in [-0.2, -0.15) is 13.5 Å². The van der Waals surface area contributed by atoms with Crippen molar-refractivity contribution in [2.45, 2.75) is 19.4 Å². The molecule has 1 aliphatic rings. The number of pyridine rings is 1. The van der Waals surface area contributed by atoms with E-state index in [-0.39, 0.29) is 26.7 Å². The Morgan fingerprint density at radius 1 is 1.33 bits per heavy atom. The van der Waals surface area contributed by atoms with Crippen LogP contribution in [-0.4, -0.2) is 29.1 Å². The molecule has 0 atom stereocenters. The van der Waals surface area contributed by atoms with Gasteiger partial charge >= 0.3 is 6.61 Å². The number of ether oxygens (including phenoxy) is 2. The van der Waals surface area contributed by atoms with Crippen molar-refractivity contribution in [1.82, 2.24) is 4.73 Å². The summed E-state index contributed by atoms with van der Waals surface area (Å²) in [6.45, 7) is -3.67. The van der Waals surface area contributed by atoms with Crippen molar-refractivity contribution >= 4 is 29.1 Å². The average Bonchev–Trinajstić information content (AvgIpc) is 3.04. The molecule has 0 unspecified atom stereocenters. The molecule has 1 fully saturated rings. The van der Waals surface area contributed by atoms with Crippen molar-refractivity contribution in [3.8, 4) is 11.5 Å². The number of rotatable bonds is 6. The number of benzene rings is 1. The molecule has 0 bridgehead atoms. The molecule has 1 aliphatic carbocycles. The van der Waals surface area contributed by atoms with Crippen molar-refractivity contribution in [1.29, 1.82) is 0 Å². The molecule has 0 aliphatic heterocycles. The SMILES string of the molecule is [2H]C1([2H])C(COc2cc(C(=O)N=c3c(Cl)cn(O)cc3Cl)ccc2OC(F)F)C1([2H])[2H]. The topological polar surface area (TPSA) is 73.0 Å². The molecule has 1 amide bonds. The molecular formula is C17H14Cl2F2N2O4. The van der Waals surface area contributed by atoms with Gasteiger partial charge in [0.15, 0.2) is 11.5 Å². The van der Waals surface area contributed by atoms with Gasteiger partial charge in [-0.05, 0) is 36.9 Å². The number of alkyl halides is 2. The third-order valence-electron chi connectivity index (χ3n) is 3.32. The molecule has 10 heteroatoms. The molecule has 1 aromatic carbocycles. The highest BCUT2D eigenvalue weighted by Gasteiger charge is 2.23. The fourth-order valence-electron chi connectivity index (χ4n) is 2.04. The normalized spacial score (nSPS) is 19.4. The van der Waals surface area contributed by atoms with Gasteiger partial charge in [-0.1, -0.05) is 23.2 Å². The van der Waals surface area contributed by atoms with Gasteiger partial charge < -0.3 is 14.7 Å². The first-order chi connectivity index (χ1) is 14.3. The Morgan fingerprint density at radius 3 is 2.59 bits per heavy atom. The molecule has 1 aromatic heterocycles. The van der Waals surface area contributed by atoms with Crippen molar-refractivity contribution < 1.29 is 33.7 Å². The Balaban J connectivity index is 1.91. The van der Waals surface area contributed by atoms with Crippen LogP contribution >= 0.6 is 23.2 Å². The van der Waals surface area contributed by atoms with E-state index in [4.69, 9.17) is 33.4 Å². The van der Waals surface area contributed by atoms with E-state index < -0.39 is 43.5 Å². The maximum atomic E-state index is 12.7. The molecule has 3 rings (SSSR count). The maximum absolute atomic E-state index is 12.7. The van der Waals surface area contributed by atoms with Gasteiger partial charge in [-0.25, -0.2) is 4.99 Å². The Kier molecular flexibility index (Phi) is 4.43. The third kappa shape index (κ3) is 5.11. The summed E-state index contributed by atoms with van der Waals surface area (Å²) in [5.41, 5.74) is -0.119. The molecule has 144 valence electrons. The first kappa shape index (κ1) is 14.7. The van der Waals surface area contributed by atoms with Gasteiger partial charge in [0.25, 0.3) is 5.91 Å². The predicted molar refractivity (Wildman–Crippen MR) is 92.8 cm³/mol. The van der Waals surface area contributed by atoms with Crippen LogP contribution in [0.4, 0.5) is 8.78 Å². The standard InChI is InChI=1S/C17H14Cl2F2N2O4/c18-11-6-23(25)7-12(19)15(11)22-16(24)10-3-4-13(27-17(20)21)14(5-10)26-8-9-1-2-9/h3-7,9,17,25H,1-2,8H2/i1D2,2D2. The summed E-state index contributed by atoms with van der Waals surface area (Å²) in [6, 6.07) is 3.23. The van der Waals surface area contributed by atoms with Crippen molar-refractivity contribution in [3.63, 3.8) is 0 Å². The molecule has 1 N–H and O–H groups in total. The van der Waals surface area contributed by atoms with Crippen LogP contribution in [0.3, 0.4) is 0 Å². The molecule has 0 saturated heterocycles. The van der Waals surface area contributed by atoms with Crippen molar-refractivity contribution in [2.75, 3.05) is 6.61 Å². The van der Waals surface area contributed by atoms with E-state index in [1.165, 1.54) is 0 Å². The van der Waals surface area contributed by atoms with Crippen LogP contribution in [0.2, 0.25) is 10.0 Å². The fourth-order valence-corrected chi connectivity index (χ4v) is 2.58. The number of carbonyl (C=O) groups excluding carboxylic acids is 1. The summed E-state index contributed by atoms with van der Waals surface area (Å²) >= 11 is 11.8. The van der Waals surface area contributed by atoms with Crippen LogP contribution in [-0.2, 0) is 0 Å². The third-order valence-corrected chi connectivity index (χ3v) is 3.87. The smallest absolute Gasteiger partial charge is 0.387 e. The second kappa shape index (κ2) is 8.14. The van der Waals surface area contributed by atoms with Gasteiger partial charge in [0.1, 0.15) is 5.36 Å². The van der Waals surface area contributed by atoms with E-state index in [9.17, 15) is 18.8 Å². The van der Waals surface area contributed by atoms with E-state index in [0.717, 1.165) is 30.6 Å². The number of amides is 1. The molecule has 1 saturated carbocycles. The zero-order valence-electron chi connectivity index (χ0n) is 17.3. The highest BCUT2D eigenvalue weighted by Crippen LogP contribution is 2.34. The highest BCUT2D eigenvalue weighted by atomic mass is 35.5. The van der Waals surface area contributed by atoms with E-state index in [1.807, 2.05) is 0 Å². The lowest BCUT2D eigenvalue weighted by molar-refractivity contribution is -0.0515. The summed E-state index contributed by atoms with van der Waals surface area (Å²) in [5, 5.41) is 8.98. The van der Waals surface area contributed by atoms with Crippen LogP contribution in [0.1, 0.15) is 28.6 Å². The van der Waals surface area contributed by atoms with Crippen molar-refractivity contribution in [2.24, 2.45) is 10.9 Å².